The predicted molar refractivity (Wildman–Crippen MR) is 66.3 cm³/mol. The fourth-order valence-corrected chi connectivity index (χ4v) is 2.97. The summed E-state index contributed by atoms with van der Waals surface area (Å²) < 4.78 is 0. The molecule has 1 unspecified atom stereocenters. The van der Waals surface area contributed by atoms with Crippen LogP contribution >= 0.6 is 11.8 Å². The predicted octanol–water partition coefficient (Wildman–Crippen LogP) is 1.94. The Kier molecular flexibility index (Phi) is 3.67. The summed E-state index contributed by atoms with van der Waals surface area (Å²) >= 11 is 1.97. The van der Waals surface area contributed by atoms with E-state index in [0.717, 1.165) is 6.54 Å². The van der Waals surface area contributed by atoms with Gasteiger partial charge in [-0.15, -0.1) is 11.8 Å². The Hall–Kier alpha value is -0.510. The van der Waals surface area contributed by atoms with Crippen LogP contribution in [0.2, 0.25) is 0 Å². The Balaban J connectivity index is 2.20. The zero-order valence-corrected chi connectivity index (χ0v) is 9.94. The van der Waals surface area contributed by atoms with E-state index < -0.39 is 0 Å². The zero-order valence-electron chi connectivity index (χ0n) is 9.12. The number of aryl methyl sites for hydroxylation is 1. The van der Waals surface area contributed by atoms with Crippen LogP contribution in [0, 0.1) is 0 Å². The first-order chi connectivity index (χ1) is 7.31. The van der Waals surface area contributed by atoms with E-state index in [2.05, 4.69) is 23.5 Å². The highest BCUT2D eigenvalue weighted by Gasteiger charge is 2.12. The van der Waals surface area contributed by atoms with E-state index in [1.807, 2.05) is 18.8 Å². The van der Waals surface area contributed by atoms with E-state index in [4.69, 9.17) is 5.73 Å². The molecular weight excluding hydrogens is 204 g/mol. The second-order valence-corrected chi connectivity index (χ2v) is 5.12. The molecule has 0 spiro atoms. The van der Waals surface area contributed by atoms with Crippen molar-refractivity contribution in [1.29, 1.82) is 0 Å². The minimum Gasteiger partial charge on any atom is -0.323 e. The maximum atomic E-state index is 6.07. The molecule has 3 N–H and O–H groups in total. The molecule has 0 fully saturated rings. The Morgan fingerprint density at radius 1 is 1.53 bits per heavy atom. The van der Waals surface area contributed by atoms with Crippen molar-refractivity contribution in [2.24, 2.45) is 5.73 Å². The summed E-state index contributed by atoms with van der Waals surface area (Å²) in [4.78, 5) is 1.45. The van der Waals surface area contributed by atoms with Crippen LogP contribution in [-0.2, 0) is 6.42 Å². The number of likely N-dealkylation sites (N-methyl/N-ethyl adjacent to an activating group) is 1. The molecule has 1 atom stereocenters. The third-order valence-electron chi connectivity index (χ3n) is 2.78. The lowest BCUT2D eigenvalue weighted by Gasteiger charge is -2.18. The van der Waals surface area contributed by atoms with E-state index in [-0.39, 0.29) is 6.04 Å². The fraction of sp³-hybridized carbons (Fsp3) is 0.500. The molecule has 2 nitrogen and oxygen atoms in total. The number of hydrogen-bond donors (Lipinski definition) is 2. The molecule has 1 aromatic carbocycles. The molecule has 2 rings (SSSR count). The molecule has 0 radical (unpaired) electrons. The maximum Gasteiger partial charge on any atom is 0.0421 e. The van der Waals surface area contributed by atoms with E-state index in [9.17, 15) is 0 Å². The summed E-state index contributed by atoms with van der Waals surface area (Å²) in [5.74, 6) is 1.26. The van der Waals surface area contributed by atoms with Crippen molar-refractivity contribution in [2.75, 3.05) is 19.3 Å². The number of benzene rings is 1. The van der Waals surface area contributed by atoms with Gasteiger partial charge in [-0.05, 0) is 42.8 Å². The fourth-order valence-electron chi connectivity index (χ4n) is 1.95. The van der Waals surface area contributed by atoms with Crippen molar-refractivity contribution in [3.05, 3.63) is 29.3 Å². The molecule has 1 aromatic rings. The first kappa shape index (κ1) is 11.0. The number of rotatable bonds is 3. The van der Waals surface area contributed by atoms with Gasteiger partial charge in [0.2, 0.25) is 0 Å². The van der Waals surface area contributed by atoms with Crippen LogP contribution in [0.3, 0.4) is 0 Å². The first-order valence-corrected chi connectivity index (χ1v) is 6.45. The number of thioether (sulfide) groups is 1. The van der Waals surface area contributed by atoms with Gasteiger partial charge in [-0.1, -0.05) is 12.1 Å². The van der Waals surface area contributed by atoms with Crippen LogP contribution in [0.5, 0.6) is 0 Å². The zero-order chi connectivity index (χ0) is 10.7. The lowest BCUT2D eigenvalue weighted by Crippen LogP contribution is -2.24. The van der Waals surface area contributed by atoms with Crippen LogP contribution in [0.15, 0.2) is 23.1 Å². The van der Waals surface area contributed by atoms with Gasteiger partial charge >= 0.3 is 0 Å². The quantitative estimate of drug-likeness (QED) is 0.821. The number of hydrogen-bond acceptors (Lipinski definition) is 3. The van der Waals surface area contributed by atoms with Gasteiger partial charge in [0.25, 0.3) is 0 Å². The van der Waals surface area contributed by atoms with Crippen molar-refractivity contribution < 1.29 is 0 Å². The Morgan fingerprint density at radius 3 is 3.20 bits per heavy atom. The summed E-state index contributed by atoms with van der Waals surface area (Å²) in [6.07, 6.45) is 2.50. The highest BCUT2D eigenvalue weighted by molar-refractivity contribution is 7.99. The molecule has 0 aliphatic carbocycles. The Bertz CT molecular complexity index is 338. The summed E-state index contributed by atoms with van der Waals surface area (Å²) in [6, 6.07) is 6.79. The van der Waals surface area contributed by atoms with Crippen LogP contribution < -0.4 is 11.1 Å². The third-order valence-corrected chi connectivity index (χ3v) is 3.99. The number of nitrogens with two attached hydrogens (primary N) is 1. The van der Waals surface area contributed by atoms with Crippen molar-refractivity contribution in [1.82, 2.24) is 5.32 Å². The van der Waals surface area contributed by atoms with Crippen molar-refractivity contribution in [3.8, 4) is 0 Å². The van der Waals surface area contributed by atoms with E-state index in [0.29, 0.717) is 0 Å². The van der Waals surface area contributed by atoms with Gasteiger partial charge in [0.05, 0.1) is 0 Å². The molecule has 0 amide bonds. The van der Waals surface area contributed by atoms with Crippen molar-refractivity contribution in [3.63, 3.8) is 0 Å². The molecule has 15 heavy (non-hydrogen) atoms. The van der Waals surface area contributed by atoms with Crippen LogP contribution in [0.25, 0.3) is 0 Å². The standard InChI is InChI=1S/C12H18N2S/c1-14-8-11(13)9-4-5-12-10(7-9)3-2-6-15-12/h4-5,7,11,14H,2-3,6,8,13H2,1H3. The van der Waals surface area contributed by atoms with E-state index in [1.54, 1.807) is 0 Å². The molecule has 0 aromatic heterocycles. The topological polar surface area (TPSA) is 38.0 Å². The monoisotopic (exact) mass is 222 g/mol. The van der Waals surface area contributed by atoms with E-state index in [1.165, 1.54) is 34.6 Å². The minimum atomic E-state index is 0.118. The van der Waals surface area contributed by atoms with Gasteiger partial charge in [-0.2, -0.15) is 0 Å². The van der Waals surface area contributed by atoms with Crippen molar-refractivity contribution in [2.45, 2.75) is 23.8 Å². The lowest BCUT2D eigenvalue weighted by atomic mass is 10.0. The molecule has 0 saturated heterocycles. The summed E-state index contributed by atoms with van der Waals surface area (Å²) in [6.45, 7) is 0.839. The molecule has 1 aliphatic heterocycles. The summed E-state index contributed by atoms with van der Waals surface area (Å²) in [5.41, 5.74) is 8.81. The SMILES string of the molecule is CNCC(N)c1ccc2c(c1)CCCS2. The van der Waals surface area contributed by atoms with Gasteiger partial charge in [0, 0.05) is 17.5 Å². The Labute approximate surface area is 95.6 Å². The van der Waals surface area contributed by atoms with Gasteiger partial charge in [-0.25, -0.2) is 0 Å². The molecule has 3 heteroatoms. The minimum absolute atomic E-state index is 0.118. The Morgan fingerprint density at radius 2 is 2.40 bits per heavy atom. The first-order valence-electron chi connectivity index (χ1n) is 5.47. The van der Waals surface area contributed by atoms with Crippen molar-refractivity contribution >= 4 is 11.8 Å². The molecular formula is C12H18N2S. The normalized spacial score (nSPS) is 17.2. The highest BCUT2D eigenvalue weighted by Crippen LogP contribution is 2.31. The van der Waals surface area contributed by atoms with Gasteiger partial charge in [-0.3, -0.25) is 0 Å². The lowest BCUT2D eigenvalue weighted by molar-refractivity contribution is 0.651. The summed E-state index contributed by atoms with van der Waals surface area (Å²) in [5, 5.41) is 3.12. The number of fused-ring (bicyclic) bond motifs is 1. The van der Waals surface area contributed by atoms with Gasteiger partial charge < -0.3 is 11.1 Å². The maximum absolute atomic E-state index is 6.07. The van der Waals surface area contributed by atoms with Gasteiger partial charge in [0.1, 0.15) is 0 Å². The van der Waals surface area contributed by atoms with E-state index >= 15 is 0 Å². The molecule has 0 bridgehead atoms. The average Bonchev–Trinajstić information content (AvgIpc) is 2.29. The second-order valence-electron chi connectivity index (χ2n) is 3.98. The highest BCUT2D eigenvalue weighted by atomic mass is 32.2. The van der Waals surface area contributed by atoms with Crippen LogP contribution in [0.1, 0.15) is 23.6 Å². The van der Waals surface area contributed by atoms with Gasteiger partial charge in [0.15, 0.2) is 0 Å². The third kappa shape index (κ3) is 2.54. The average molecular weight is 222 g/mol. The van der Waals surface area contributed by atoms with Crippen LogP contribution in [-0.4, -0.2) is 19.3 Å². The summed E-state index contributed by atoms with van der Waals surface area (Å²) in [7, 11) is 1.94. The molecule has 0 saturated carbocycles. The molecule has 82 valence electrons. The van der Waals surface area contributed by atoms with Crippen LogP contribution in [0.4, 0.5) is 0 Å². The number of nitrogens with one attached hydrogen (secondary N) is 1. The molecule has 1 heterocycles. The largest absolute Gasteiger partial charge is 0.323 e. The smallest absolute Gasteiger partial charge is 0.0421 e. The second kappa shape index (κ2) is 5.01. The molecule has 1 aliphatic rings.